The standard InChI is InChI=1S/C16H16ClN3O5/c1-24-12-5-4-10(7-11(12)17)20-15(22)9-18-14(21)8-19-16(23)13-3-2-6-25-13/h2-7H,8-9H2,1H3,(H,18,21)(H,19,23)(H,20,22). The lowest BCUT2D eigenvalue weighted by Gasteiger charge is -2.09. The third kappa shape index (κ3) is 5.54. The molecule has 9 heteroatoms. The van der Waals surface area contributed by atoms with E-state index in [2.05, 4.69) is 16.0 Å². The van der Waals surface area contributed by atoms with E-state index < -0.39 is 17.7 Å². The van der Waals surface area contributed by atoms with Crippen molar-refractivity contribution in [3.8, 4) is 5.75 Å². The van der Waals surface area contributed by atoms with Crippen molar-refractivity contribution in [3.05, 3.63) is 47.4 Å². The molecule has 3 amide bonds. The van der Waals surface area contributed by atoms with Gasteiger partial charge in [0, 0.05) is 5.69 Å². The number of rotatable bonds is 7. The highest BCUT2D eigenvalue weighted by molar-refractivity contribution is 6.32. The maximum atomic E-state index is 11.8. The Balaban J connectivity index is 1.73. The number of hydrogen-bond acceptors (Lipinski definition) is 5. The van der Waals surface area contributed by atoms with Crippen LogP contribution in [0.2, 0.25) is 5.02 Å². The lowest BCUT2D eigenvalue weighted by atomic mass is 10.3. The Bertz CT molecular complexity index is 761. The molecule has 0 unspecified atom stereocenters. The van der Waals surface area contributed by atoms with E-state index in [1.165, 1.54) is 25.5 Å². The maximum absolute atomic E-state index is 11.8. The maximum Gasteiger partial charge on any atom is 0.287 e. The predicted molar refractivity (Wildman–Crippen MR) is 90.7 cm³/mol. The molecule has 8 nitrogen and oxygen atoms in total. The number of ether oxygens (including phenoxy) is 1. The Morgan fingerprint density at radius 3 is 2.52 bits per heavy atom. The van der Waals surface area contributed by atoms with E-state index in [1.54, 1.807) is 18.2 Å². The predicted octanol–water partition coefficient (Wildman–Crippen LogP) is 1.43. The van der Waals surface area contributed by atoms with Gasteiger partial charge in [0.05, 0.1) is 31.5 Å². The summed E-state index contributed by atoms with van der Waals surface area (Å²) in [6, 6.07) is 7.80. The van der Waals surface area contributed by atoms with Crippen molar-refractivity contribution in [2.75, 3.05) is 25.5 Å². The molecule has 25 heavy (non-hydrogen) atoms. The van der Waals surface area contributed by atoms with E-state index in [4.69, 9.17) is 20.8 Å². The molecule has 2 aromatic rings. The molecule has 0 atom stereocenters. The fourth-order valence-electron chi connectivity index (χ4n) is 1.85. The molecule has 1 aromatic carbocycles. The molecule has 0 aliphatic heterocycles. The van der Waals surface area contributed by atoms with E-state index in [0.29, 0.717) is 16.5 Å². The van der Waals surface area contributed by atoms with Gasteiger partial charge in [-0.2, -0.15) is 0 Å². The first-order valence-electron chi connectivity index (χ1n) is 7.21. The lowest BCUT2D eigenvalue weighted by molar-refractivity contribution is -0.123. The van der Waals surface area contributed by atoms with Crippen LogP contribution in [0.25, 0.3) is 0 Å². The molecule has 0 aliphatic rings. The number of nitrogens with one attached hydrogen (secondary N) is 3. The largest absolute Gasteiger partial charge is 0.495 e. The van der Waals surface area contributed by atoms with Crippen LogP contribution >= 0.6 is 11.6 Å². The number of amides is 3. The van der Waals surface area contributed by atoms with E-state index in [9.17, 15) is 14.4 Å². The van der Waals surface area contributed by atoms with Crippen molar-refractivity contribution >= 4 is 35.0 Å². The summed E-state index contributed by atoms with van der Waals surface area (Å²) >= 11 is 5.96. The number of carbonyl (C=O) groups is 3. The first-order valence-corrected chi connectivity index (χ1v) is 7.59. The third-order valence-electron chi connectivity index (χ3n) is 3.04. The summed E-state index contributed by atoms with van der Waals surface area (Å²) in [6.07, 6.45) is 1.35. The molecule has 0 spiro atoms. The van der Waals surface area contributed by atoms with Gasteiger partial charge in [-0.05, 0) is 30.3 Å². The molecule has 0 bridgehead atoms. The molecular formula is C16H16ClN3O5. The van der Waals surface area contributed by atoms with Crippen molar-refractivity contribution < 1.29 is 23.5 Å². The summed E-state index contributed by atoms with van der Waals surface area (Å²) in [5.74, 6) is -0.880. The minimum absolute atomic E-state index is 0.0990. The second-order valence-corrected chi connectivity index (χ2v) is 5.24. The van der Waals surface area contributed by atoms with Gasteiger partial charge >= 0.3 is 0 Å². The van der Waals surface area contributed by atoms with Crippen LogP contribution in [0.1, 0.15) is 10.6 Å². The van der Waals surface area contributed by atoms with E-state index in [0.717, 1.165) is 0 Å². The average molecular weight is 366 g/mol. The third-order valence-corrected chi connectivity index (χ3v) is 3.33. The van der Waals surface area contributed by atoms with Gasteiger partial charge in [0.25, 0.3) is 5.91 Å². The summed E-state index contributed by atoms with van der Waals surface area (Å²) in [7, 11) is 1.49. The molecule has 0 saturated carbocycles. The van der Waals surface area contributed by atoms with Gasteiger partial charge in [-0.1, -0.05) is 11.6 Å². The summed E-state index contributed by atoms with van der Waals surface area (Å²) in [5, 5.41) is 7.69. The zero-order valence-corrected chi connectivity index (χ0v) is 14.1. The Kier molecular flexibility index (Phi) is 6.41. The Morgan fingerprint density at radius 1 is 1.12 bits per heavy atom. The fraction of sp³-hybridized carbons (Fsp3) is 0.188. The van der Waals surface area contributed by atoms with Crippen molar-refractivity contribution in [3.63, 3.8) is 0 Å². The number of methoxy groups -OCH3 is 1. The Morgan fingerprint density at radius 2 is 1.88 bits per heavy atom. The van der Waals surface area contributed by atoms with Crippen LogP contribution in [-0.2, 0) is 9.59 Å². The topological polar surface area (TPSA) is 110 Å². The Hall–Kier alpha value is -3.00. The first-order chi connectivity index (χ1) is 12.0. The Labute approximate surface area is 148 Å². The molecule has 1 aromatic heterocycles. The smallest absolute Gasteiger partial charge is 0.287 e. The van der Waals surface area contributed by atoms with E-state index in [1.807, 2.05) is 0 Å². The van der Waals surface area contributed by atoms with Crippen LogP contribution in [0, 0.1) is 0 Å². The second kappa shape index (κ2) is 8.74. The minimum Gasteiger partial charge on any atom is -0.495 e. The van der Waals surface area contributed by atoms with E-state index in [-0.39, 0.29) is 18.8 Å². The highest BCUT2D eigenvalue weighted by atomic mass is 35.5. The van der Waals surface area contributed by atoms with Gasteiger partial charge in [-0.25, -0.2) is 0 Å². The molecule has 2 rings (SSSR count). The summed E-state index contributed by atoms with van der Waals surface area (Å²) < 4.78 is 9.90. The molecular weight excluding hydrogens is 350 g/mol. The van der Waals surface area contributed by atoms with Crippen LogP contribution in [0.3, 0.4) is 0 Å². The number of halogens is 1. The molecule has 0 fully saturated rings. The minimum atomic E-state index is -0.516. The number of benzene rings is 1. The van der Waals surface area contributed by atoms with Gasteiger partial charge in [-0.3, -0.25) is 14.4 Å². The molecule has 0 radical (unpaired) electrons. The number of anilines is 1. The summed E-state index contributed by atoms with van der Waals surface area (Å²) in [6.45, 7) is -0.527. The highest BCUT2D eigenvalue weighted by Crippen LogP contribution is 2.27. The highest BCUT2D eigenvalue weighted by Gasteiger charge is 2.11. The van der Waals surface area contributed by atoms with Crippen molar-refractivity contribution in [2.45, 2.75) is 0 Å². The van der Waals surface area contributed by atoms with Crippen LogP contribution < -0.4 is 20.7 Å². The van der Waals surface area contributed by atoms with Crippen LogP contribution in [-0.4, -0.2) is 37.9 Å². The lowest BCUT2D eigenvalue weighted by Crippen LogP contribution is -2.40. The molecule has 0 saturated heterocycles. The molecule has 3 N–H and O–H groups in total. The molecule has 1 heterocycles. The van der Waals surface area contributed by atoms with Crippen molar-refractivity contribution in [2.24, 2.45) is 0 Å². The second-order valence-electron chi connectivity index (χ2n) is 4.83. The summed E-state index contributed by atoms with van der Waals surface area (Å²) in [5.41, 5.74) is 0.469. The van der Waals surface area contributed by atoms with Crippen LogP contribution in [0.15, 0.2) is 41.0 Å². The SMILES string of the molecule is COc1ccc(NC(=O)CNC(=O)CNC(=O)c2ccco2)cc1Cl. The van der Waals surface area contributed by atoms with Gasteiger partial charge in [0.2, 0.25) is 11.8 Å². The summed E-state index contributed by atoms with van der Waals surface area (Å²) in [4.78, 5) is 35.0. The fourth-order valence-corrected chi connectivity index (χ4v) is 2.10. The van der Waals surface area contributed by atoms with E-state index >= 15 is 0 Å². The normalized spacial score (nSPS) is 10.0. The van der Waals surface area contributed by atoms with Crippen LogP contribution in [0.4, 0.5) is 5.69 Å². The number of carbonyl (C=O) groups excluding carboxylic acids is 3. The zero-order valence-electron chi connectivity index (χ0n) is 13.3. The quantitative estimate of drug-likeness (QED) is 0.687. The van der Waals surface area contributed by atoms with Gasteiger partial charge in [-0.15, -0.1) is 0 Å². The number of hydrogen-bond donors (Lipinski definition) is 3. The zero-order chi connectivity index (χ0) is 18.2. The van der Waals surface area contributed by atoms with Gasteiger partial charge < -0.3 is 25.1 Å². The van der Waals surface area contributed by atoms with Gasteiger partial charge in [0.1, 0.15) is 5.75 Å². The first kappa shape index (κ1) is 18.3. The van der Waals surface area contributed by atoms with Crippen LogP contribution in [0.5, 0.6) is 5.75 Å². The average Bonchev–Trinajstić information content (AvgIpc) is 3.12. The van der Waals surface area contributed by atoms with Crippen molar-refractivity contribution in [1.29, 1.82) is 0 Å². The molecule has 0 aliphatic carbocycles. The molecule has 132 valence electrons. The van der Waals surface area contributed by atoms with Crippen molar-refractivity contribution in [1.82, 2.24) is 10.6 Å². The number of furan rings is 1. The van der Waals surface area contributed by atoms with Gasteiger partial charge in [0.15, 0.2) is 5.76 Å². The monoisotopic (exact) mass is 365 g/mol.